The molecule has 0 heterocycles. The van der Waals surface area contributed by atoms with E-state index in [2.05, 4.69) is 5.32 Å². The molecule has 0 saturated heterocycles. The number of benzene rings is 1. The first-order valence-electron chi connectivity index (χ1n) is 7.04. The number of hydrogen-bond acceptors (Lipinski definition) is 3. The molecule has 0 bridgehead atoms. The van der Waals surface area contributed by atoms with Crippen molar-refractivity contribution in [2.45, 2.75) is 40.2 Å². The molecule has 0 fully saturated rings. The molecule has 1 amide bonds. The molecule has 21 heavy (non-hydrogen) atoms. The molecule has 112 valence electrons. The minimum absolute atomic E-state index is 0.105. The molecule has 0 atom stereocenters. The van der Waals surface area contributed by atoms with Crippen LogP contribution in [0.1, 0.15) is 33.3 Å². The van der Waals surface area contributed by atoms with Gasteiger partial charge in [0.15, 0.2) is 0 Å². The van der Waals surface area contributed by atoms with Gasteiger partial charge in [-0.2, -0.15) is 5.26 Å². The van der Waals surface area contributed by atoms with Crippen LogP contribution in [-0.4, -0.2) is 22.9 Å². The van der Waals surface area contributed by atoms with E-state index in [0.29, 0.717) is 5.69 Å². The maximum Gasteiger partial charge on any atom is 0.267 e. The zero-order valence-electron chi connectivity index (χ0n) is 13.4. The second kappa shape index (κ2) is 6.94. The first-order chi connectivity index (χ1) is 9.77. The van der Waals surface area contributed by atoms with Gasteiger partial charge in [-0.15, -0.1) is 0 Å². The third kappa shape index (κ3) is 4.96. The molecule has 1 aromatic rings. The van der Waals surface area contributed by atoms with E-state index in [-0.39, 0.29) is 17.0 Å². The average molecular weight is 285 g/mol. The lowest BCUT2D eigenvalue weighted by atomic mass is 10.1. The third-order valence-electron chi connectivity index (χ3n) is 3.13. The van der Waals surface area contributed by atoms with Gasteiger partial charge < -0.3 is 10.2 Å². The maximum absolute atomic E-state index is 12.2. The molecule has 0 aliphatic rings. The van der Waals surface area contributed by atoms with Crippen LogP contribution in [0.5, 0.6) is 0 Å². The highest BCUT2D eigenvalue weighted by atomic mass is 16.1. The van der Waals surface area contributed by atoms with Crippen molar-refractivity contribution in [3.8, 4) is 6.07 Å². The fourth-order valence-corrected chi connectivity index (χ4v) is 1.97. The Hall–Kier alpha value is -2.28. The van der Waals surface area contributed by atoms with Crippen molar-refractivity contribution in [1.29, 1.82) is 5.26 Å². The molecule has 0 unspecified atom stereocenters. The fourth-order valence-electron chi connectivity index (χ4n) is 1.97. The van der Waals surface area contributed by atoms with Crippen molar-refractivity contribution >= 4 is 11.6 Å². The summed E-state index contributed by atoms with van der Waals surface area (Å²) in [6.45, 7) is 10.8. The van der Waals surface area contributed by atoms with E-state index >= 15 is 0 Å². The van der Waals surface area contributed by atoms with Gasteiger partial charge in [-0.3, -0.25) is 4.79 Å². The van der Waals surface area contributed by atoms with Crippen molar-refractivity contribution in [2.24, 2.45) is 0 Å². The summed E-state index contributed by atoms with van der Waals surface area (Å²) in [6, 6.07) is 9.48. The minimum atomic E-state index is -0.384. The van der Waals surface area contributed by atoms with Crippen LogP contribution in [0.25, 0.3) is 0 Å². The Morgan fingerprint density at radius 3 is 2.57 bits per heavy atom. The SMILES string of the molecule is CCN(/C=C(/C#N)C(=O)Nc1cccc(C)c1)C(C)(C)C. The zero-order chi connectivity index (χ0) is 16.0. The van der Waals surface area contributed by atoms with Crippen LogP contribution in [0.3, 0.4) is 0 Å². The summed E-state index contributed by atoms with van der Waals surface area (Å²) in [4.78, 5) is 14.2. The van der Waals surface area contributed by atoms with Crippen LogP contribution in [0.2, 0.25) is 0 Å². The van der Waals surface area contributed by atoms with Crippen molar-refractivity contribution < 1.29 is 4.79 Å². The van der Waals surface area contributed by atoms with Gasteiger partial charge in [0.2, 0.25) is 0 Å². The van der Waals surface area contributed by atoms with Crippen LogP contribution >= 0.6 is 0 Å². The second-order valence-electron chi connectivity index (χ2n) is 5.94. The van der Waals surface area contributed by atoms with Crippen LogP contribution in [-0.2, 0) is 4.79 Å². The summed E-state index contributed by atoms with van der Waals surface area (Å²) in [5.74, 6) is -0.384. The van der Waals surface area contributed by atoms with E-state index in [1.807, 2.05) is 63.8 Å². The number of anilines is 1. The molecule has 4 nitrogen and oxygen atoms in total. The Morgan fingerprint density at radius 2 is 2.10 bits per heavy atom. The van der Waals surface area contributed by atoms with Gasteiger partial charge in [-0.05, 0) is 52.3 Å². The summed E-state index contributed by atoms with van der Waals surface area (Å²) in [5.41, 5.74) is 1.72. The molecular weight excluding hydrogens is 262 g/mol. The molecule has 0 saturated carbocycles. The Bertz CT molecular complexity index is 576. The number of nitriles is 1. The van der Waals surface area contributed by atoms with E-state index in [9.17, 15) is 10.1 Å². The first kappa shape index (κ1) is 16.8. The Morgan fingerprint density at radius 1 is 1.43 bits per heavy atom. The lowest BCUT2D eigenvalue weighted by Gasteiger charge is -2.33. The lowest BCUT2D eigenvalue weighted by Crippen LogP contribution is -2.37. The number of rotatable bonds is 4. The summed E-state index contributed by atoms with van der Waals surface area (Å²) >= 11 is 0. The predicted molar refractivity (Wildman–Crippen MR) is 85.6 cm³/mol. The number of nitrogens with one attached hydrogen (secondary N) is 1. The summed E-state index contributed by atoms with van der Waals surface area (Å²) < 4.78 is 0. The van der Waals surface area contributed by atoms with E-state index in [1.165, 1.54) is 0 Å². The number of hydrogen-bond donors (Lipinski definition) is 1. The zero-order valence-corrected chi connectivity index (χ0v) is 13.4. The molecule has 0 aromatic heterocycles. The molecule has 1 rings (SSSR count). The maximum atomic E-state index is 12.2. The molecule has 0 aliphatic heterocycles. The largest absolute Gasteiger partial charge is 0.372 e. The van der Waals surface area contributed by atoms with Gasteiger partial charge in [0.25, 0.3) is 5.91 Å². The monoisotopic (exact) mass is 285 g/mol. The van der Waals surface area contributed by atoms with Gasteiger partial charge in [-0.1, -0.05) is 12.1 Å². The van der Waals surface area contributed by atoms with Crippen LogP contribution in [0, 0.1) is 18.3 Å². The van der Waals surface area contributed by atoms with E-state index in [4.69, 9.17) is 0 Å². The standard InChI is InChI=1S/C17H23N3O/c1-6-20(17(3,4)5)12-14(11-18)16(21)19-15-9-7-8-13(2)10-15/h7-10,12H,6H2,1-5H3,(H,19,21)/b14-12-. The molecule has 0 spiro atoms. The van der Waals surface area contributed by atoms with E-state index < -0.39 is 0 Å². The predicted octanol–water partition coefficient (Wildman–Crippen LogP) is 3.46. The quantitative estimate of drug-likeness (QED) is 0.681. The highest BCUT2D eigenvalue weighted by Crippen LogP contribution is 2.16. The van der Waals surface area contributed by atoms with E-state index in [1.54, 1.807) is 12.3 Å². The number of aryl methyl sites for hydroxylation is 1. The fraction of sp³-hybridized carbons (Fsp3) is 0.412. The average Bonchev–Trinajstić information content (AvgIpc) is 2.38. The smallest absolute Gasteiger partial charge is 0.267 e. The van der Waals surface area contributed by atoms with Gasteiger partial charge in [0, 0.05) is 24.0 Å². The number of carbonyl (C=O) groups is 1. The molecule has 4 heteroatoms. The topological polar surface area (TPSA) is 56.1 Å². The summed E-state index contributed by atoms with van der Waals surface area (Å²) in [6.07, 6.45) is 1.63. The summed E-state index contributed by atoms with van der Waals surface area (Å²) in [5, 5.41) is 12.0. The second-order valence-corrected chi connectivity index (χ2v) is 5.94. The summed E-state index contributed by atoms with van der Waals surface area (Å²) in [7, 11) is 0. The van der Waals surface area contributed by atoms with Crippen molar-refractivity contribution in [3.05, 3.63) is 41.6 Å². The number of carbonyl (C=O) groups excluding carboxylic acids is 1. The van der Waals surface area contributed by atoms with E-state index in [0.717, 1.165) is 12.1 Å². The van der Waals surface area contributed by atoms with Gasteiger partial charge in [0.05, 0.1) is 0 Å². The molecule has 0 radical (unpaired) electrons. The number of amides is 1. The van der Waals surface area contributed by atoms with Crippen LogP contribution < -0.4 is 5.32 Å². The molecule has 1 aromatic carbocycles. The van der Waals surface area contributed by atoms with Crippen molar-refractivity contribution in [2.75, 3.05) is 11.9 Å². The van der Waals surface area contributed by atoms with Gasteiger partial charge in [-0.25, -0.2) is 0 Å². The highest BCUT2D eigenvalue weighted by Gasteiger charge is 2.19. The molecule has 1 N–H and O–H groups in total. The normalized spacial score (nSPS) is 11.7. The Balaban J connectivity index is 2.94. The lowest BCUT2D eigenvalue weighted by molar-refractivity contribution is -0.112. The number of nitrogens with zero attached hydrogens (tertiary/aromatic N) is 2. The molecular formula is C17H23N3O. The van der Waals surface area contributed by atoms with Gasteiger partial charge in [0.1, 0.15) is 11.6 Å². The molecule has 0 aliphatic carbocycles. The Labute approximate surface area is 127 Å². The Kier molecular flexibility index (Phi) is 5.54. The van der Waals surface area contributed by atoms with Crippen LogP contribution in [0.4, 0.5) is 5.69 Å². The van der Waals surface area contributed by atoms with Crippen LogP contribution in [0.15, 0.2) is 36.0 Å². The highest BCUT2D eigenvalue weighted by molar-refractivity contribution is 6.06. The van der Waals surface area contributed by atoms with Crippen molar-refractivity contribution in [3.63, 3.8) is 0 Å². The third-order valence-corrected chi connectivity index (χ3v) is 3.13. The van der Waals surface area contributed by atoms with Crippen molar-refractivity contribution in [1.82, 2.24) is 4.90 Å². The van der Waals surface area contributed by atoms with Gasteiger partial charge >= 0.3 is 0 Å². The minimum Gasteiger partial charge on any atom is -0.372 e. The first-order valence-corrected chi connectivity index (χ1v) is 7.04.